The monoisotopic (exact) mass is 556 g/mol. The summed E-state index contributed by atoms with van der Waals surface area (Å²) in [6.45, 7) is 19.1. The molecule has 0 aliphatic rings. The largest absolute Gasteiger partial charge is 0.261 e. The summed E-state index contributed by atoms with van der Waals surface area (Å²) in [6.07, 6.45) is 12.8. The molecule has 0 unspecified atom stereocenters. The zero-order valence-electron chi connectivity index (χ0n) is 24.7. The van der Waals surface area contributed by atoms with Gasteiger partial charge in [0.15, 0.2) is 0 Å². The molecule has 0 spiro atoms. The van der Waals surface area contributed by atoms with Crippen molar-refractivity contribution in [3.8, 4) is 0 Å². The molecule has 0 aliphatic heterocycles. The number of benzene rings is 2. The quantitative estimate of drug-likeness (QED) is 0.208. The molecule has 4 nitrogen and oxygen atoms in total. The van der Waals surface area contributed by atoms with Crippen LogP contribution in [-0.2, 0) is 17.7 Å². The van der Waals surface area contributed by atoms with E-state index in [1.807, 2.05) is 12.4 Å². The Morgan fingerprint density at radius 1 is 0.590 bits per heavy atom. The Hall–Kier alpha value is -2.54. The Morgan fingerprint density at radius 3 is 1.64 bits per heavy atom. The smallest absolute Gasteiger partial charge is 0.0877 e. The van der Waals surface area contributed by atoms with E-state index in [-0.39, 0.29) is 23.6 Å². The van der Waals surface area contributed by atoms with Gasteiger partial charge in [0, 0.05) is 44.3 Å². The normalized spacial score (nSPS) is 12.8. The van der Waals surface area contributed by atoms with Crippen LogP contribution in [0.25, 0.3) is 0 Å². The topological polar surface area (TPSA) is 51.6 Å². The fourth-order valence-corrected chi connectivity index (χ4v) is 10.9. The fraction of sp³-hybridized carbons (Fsp3) is 0.394. The van der Waals surface area contributed by atoms with E-state index in [0.717, 1.165) is 23.2 Å². The summed E-state index contributed by atoms with van der Waals surface area (Å²) in [7, 11) is -1.17. The summed E-state index contributed by atoms with van der Waals surface area (Å²) < 4.78 is 0. The predicted molar refractivity (Wildman–Crippen MR) is 169 cm³/mol. The van der Waals surface area contributed by atoms with Gasteiger partial charge in [0.05, 0.1) is 23.3 Å². The van der Waals surface area contributed by atoms with E-state index < -0.39 is 7.92 Å². The maximum absolute atomic E-state index is 4.74. The van der Waals surface area contributed by atoms with Crippen molar-refractivity contribution in [2.75, 3.05) is 0 Å². The second-order valence-electron chi connectivity index (χ2n) is 12.6. The lowest BCUT2D eigenvalue weighted by Gasteiger charge is -2.42. The molecule has 0 radical (unpaired) electrons. The summed E-state index contributed by atoms with van der Waals surface area (Å²) in [6, 6.07) is 18.0. The van der Waals surface area contributed by atoms with E-state index in [1.54, 1.807) is 24.8 Å². The van der Waals surface area contributed by atoms with Crippen molar-refractivity contribution in [1.82, 2.24) is 19.9 Å². The van der Waals surface area contributed by atoms with Crippen LogP contribution in [0.4, 0.5) is 0 Å². The molecule has 4 aromatic rings. The second kappa shape index (κ2) is 11.9. The van der Waals surface area contributed by atoms with Gasteiger partial charge >= 0.3 is 0 Å². The lowest BCUT2D eigenvalue weighted by molar-refractivity contribution is 0.639. The maximum atomic E-state index is 4.74. The molecule has 0 amide bonds. The average molecular weight is 557 g/mol. The van der Waals surface area contributed by atoms with Gasteiger partial charge in [-0.05, 0) is 38.7 Å². The molecule has 0 N–H and O–H groups in total. The minimum absolute atomic E-state index is 0.116. The summed E-state index contributed by atoms with van der Waals surface area (Å²) in [4.78, 5) is 18.3. The molecule has 2 aromatic heterocycles. The molecule has 204 valence electrons. The Labute approximate surface area is 237 Å². The van der Waals surface area contributed by atoms with E-state index in [0.29, 0.717) is 0 Å². The van der Waals surface area contributed by atoms with E-state index in [4.69, 9.17) is 9.97 Å². The summed E-state index contributed by atoms with van der Waals surface area (Å²) in [5.41, 5.74) is 7.34. The Morgan fingerprint density at radius 2 is 1.15 bits per heavy atom. The molecule has 0 atom stereocenters. The minimum atomic E-state index is -0.867. The van der Waals surface area contributed by atoms with Crippen LogP contribution in [0.3, 0.4) is 0 Å². The third-order valence-corrected chi connectivity index (χ3v) is 13.5. The van der Waals surface area contributed by atoms with Crippen LogP contribution < -0.4 is 10.9 Å². The number of rotatable bonds is 8. The molecule has 2 aromatic carbocycles. The third kappa shape index (κ3) is 7.16. The molecule has 4 rings (SSSR count). The highest BCUT2D eigenvalue weighted by molar-refractivity contribution is 7.71. The zero-order valence-corrected chi connectivity index (χ0v) is 26.5. The highest BCUT2D eigenvalue weighted by atomic mass is 31.1. The van der Waals surface area contributed by atoms with Gasteiger partial charge in [-0.25, -0.2) is 0 Å². The molecule has 39 heavy (non-hydrogen) atoms. The van der Waals surface area contributed by atoms with Crippen molar-refractivity contribution >= 4 is 26.7 Å². The Kier molecular flexibility index (Phi) is 8.99. The van der Waals surface area contributed by atoms with Crippen LogP contribution in [0.2, 0.25) is 0 Å². The van der Waals surface area contributed by atoms with Crippen LogP contribution >= 0.6 is 15.8 Å². The van der Waals surface area contributed by atoms with Crippen LogP contribution in [0.5, 0.6) is 0 Å². The fourth-order valence-electron chi connectivity index (χ4n) is 5.30. The van der Waals surface area contributed by atoms with Crippen molar-refractivity contribution in [3.63, 3.8) is 0 Å². The molecule has 0 aliphatic carbocycles. The number of aromatic nitrogens is 4. The van der Waals surface area contributed by atoms with Crippen molar-refractivity contribution in [2.45, 2.75) is 83.4 Å². The van der Waals surface area contributed by atoms with Crippen LogP contribution in [0.1, 0.15) is 77.6 Å². The van der Waals surface area contributed by atoms with Crippen molar-refractivity contribution in [3.05, 3.63) is 108 Å². The first-order valence-corrected chi connectivity index (χ1v) is 16.7. The highest BCUT2D eigenvalue weighted by Gasteiger charge is 2.35. The van der Waals surface area contributed by atoms with Gasteiger partial charge in [-0.15, -0.1) is 0 Å². The van der Waals surface area contributed by atoms with Gasteiger partial charge in [-0.3, -0.25) is 19.9 Å². The van der Waals surface area contributed by atoms with E-state index in [2.05, 4.69) is 114 Å². The molecule has 0 bridgehead atoms. The highest BCUT2D eigenvalue weighted by Crippen LogP contribution is 2.61. The van der Waals surface area contributed by atoms with E-state index >= 15 is 0 Å². The van der Waals surface area contributed by atoms with Crippen molar-refractivity contribution in [2.24, 2.45) is 0 Å². The Balaban J connectivity index is 1.85. The molecular weight excluding hydrogens is 514 g/mol. The first-order valence-electron chi connectivity index (χ1n) is 13.6. The maximum Gasteiger partial charge on any atom is 0.0877 e. The lowest BCUT2D eigenvalue weighted by atomic mass is 9.77. The van der Waals surface area contributed by atoms with Crippen LogP contribution in [0.15, 0.2) is 85.7 Å². The molecule has 6 heteroatoms. The van der Waals surface area contributed by atoms with Gasteiger partial charge in [0.2, 0.25) is 0 Å². The molecule has 2 heterocycles. The van der Waals surface area contributed by atoms with Gasteiger partial charge in [0.25, 0.3) is 0 Å². The van der Waals surface area contributed by atoms with E-state index in [1.165, 1.54) is 22.3 Å². The number of hydrogen-bond acceptors (Lipinski definition) is 4. The summed E-state index contributed by atoms with van der Waals surface area (Å²) >= 11 is 0. The van der Waals surface area contributed by atoms with Crippen molar-refractivity contribution < 1.29 is 0 Å². The third-order valence-electron chi connectivity index (χ3n) is 7.35. The minimum Gasteiger partial charge on any atom is -0.261 e. The van der Waals surface area contributed by atoms with E-state index in [9.17, 15) is 0 Å². The van der Waals surface area contributed by atoms with Crippen molar-refractivity contribution in [1.29, 1.82) is 0 Å². The summed E-state index contributed by atoms with van der Waals surface area (Å²) in [5, 5.41) is 0.487. The first kappa shape index (κ1) is 29.4. The molecule has 0 fully saturated rings. The van der Waals surface area contributed by atoms with Crippen LogP contribution in [-0.4, -0.2) is 30.2 Å². The van der Waals surface area contributed by atoms with Gasteiger partial charge in [-0.1, -0.05) is 112 Å². The van der Waals surface area contributed by atoms with Crippen LogP contribution in [0, 0.1) is 0 Å². The molecule has 0 saturated carbocycles. The molecular formula is C33H42N4P2. The van der Waals surface area contributed by atoms with Gasteiger partial charge in [-0.2, -0.15) is 0 Å². The average Bonchev–Trinajstić information content (AvgIpc) is 2.91. The SMILES string of the molecule is CC(C)(c1ccccc1)c1ccc(CP(C(C)(C)C)C(C)(C)C)c(CP(c2cnccn2)c2cnccn2)c1. The first-order chi connectivity index (χ1) is 18.4. The number of nitrogens with zero attached hydrogens (tertiary/aromatic N) is 4. The summed E-state index contributed by atoms with van der Waals surface area (Å²) in [5.74, 6) is 0. The standard InChI is InChI=1S/C33H42N4P2/c1-31(2,3)39(32(4,5)6)24-25-14-15-28(33(7,8)27-12-10-9-11-13-27)20-26(25)23-38(29-21-34-16-18-36-29)30-22-35-17-19-37-30/h9-22H,23-24H2,1-8H3. The predicted octanol–water partition coefficient (Wildman–Crippen LogP) is 7.80. The van der Waals surface area contributed by atoms with Gasteiger partial charge < -0.3 is 0 Å². The van der Waals surface area contributed by atoms with Gasteiger partial charge in [0.1, 0.15) is 0 Å². The Bertz CT molecular complexity index is 1290. The second-order valence-corrected chi connectivity index (χ2v) is 18.6. The zero-order chi connectivity index (χ0) is 28.3. The molecule has 0 saturated heterocycles. The lowest BCUT2D eigenvalue weighted by Crippen LogP contribution is -2.26. The number of hydrogen-bond donors (Lipinski definition) is 0.